The highest BCUT2D eigenvalue weighted by molar-refractivity contribution is 6.01. The second-order valence-electron chi connectivity index (χ2n) is 9.56. The van der Waals surface area contributed by atoms with Crippen LogP contribution < -0.4 is 15.6 Å². The Balaban J connectivity index is 1.63. The van der Waals surface area contributed by atoms with Gasteiger partial charge in [-0.15, -0.1) is 0 Å². The fraction of sp³-hybridized carbons (Fsp3) is 0.0625. The van der Waals surface area contributed by atoms with Crippen LogP contribution in [0.5, 0.6) is 28.7 Å². The number of rotatable bonds is 4. The minimum atomic E-state index is -0.539. The molecule has 9 heteroatoms. The largest absolute Gasteiger partial charge is 0.508 e. The molecule has 0 atom stereocenters. The van der Waals surface area contributed by atoms with Gasteiger partial charge in [-0.3, -0.25) is 9.59 Å². The summed E-state index contributed by atoms with van der Waals surface area (Å²) in [6.45, 7) is 1.93. The molecule has 2 heterocycles. The summed E-state index contributed by atoms with van der Waals surface area (Å²) in [5.74, 6) is -0.936. The highest BCUT2D eigenvalue weighted by Gasteiger charge is 2.23. The lowest BCUT2D eigenvalue weighted by molar-refractivity contribution is 0.415. The second kappa shape index (κ2) is 9.49. The molecule has 0 bridgehead atoms. The van der Waals surface area contributed by atoms with Crippen LogP contribution >= 0.6 is 0 Å². The van der Waals surface area contributed by atoms with Gasteiger partial charge in [-0.2, -0.15) is 0 Å². The summed E-state index contributed by atoms with van der Waals surface area (Å²) < 4.78 is 17.6. The first-order chi connectivity index (χ1) is 19.6. The molecule has 41 heavy (non-hydrogen) atoms. The second-order valence-corrected chi connectivity index (χ2v) is 9.56. The Kier molecular flexibility index (Phi) is 5.92. The predicted octanol–water partition coefficient (Wildman–Crippen LogP) is 6.04. The Labute approximate surface area is 231 Å². The number of hydrogen-bond donors (Lipinski definition) is 4. The molecule has 2 aromatic heterocycles. The minimum absolute atomic E-state index is 0.0333. The number of hydrogen-bond acceptors (Lipinski definition) is 9. The molecule has 0 aliphatic rings. The van der Waals surface area contributed by atoms with E-state index in [1.165, 1.54) is 25.3 Å². The van der Waals surface area contributed by atoms with Gasteiger partial charge in [0.25, 0.3) is 0 Å². The number of aromatic hydroxyl groups is 4. The van der Waals surface area contributed by atoms with Gasteiger partial charge < -0.3 is 34.0 Å². The van der Waals surface area contributed by atoms with E-state index in [-0.39, 0.29) is 61.8 Å². The Morgan fingerprint density at radius 3 is 2.00 bits per heavy atom. The average Bonchev–Trinajstić information content (AvgIpc) is 2.92. The number of fused-ring (bicyclic) bond motifs is 2. The minimum Gasteiger partial charge on any atom is -0.508 e. The van der Waals surface area contributed by atoms with E-state index in [0.717, 1.165) is 17.7 Å². The van der Waals surface area contributed by atoms with Crippen molar-refractivity contribution in [3.8, 4) is 62.5 Å². The first-order valence-corrected chi connectivity index (χ1v) is 12.4. The summed E-state index contributed by atoms with van der Waals surface area (Å²) >= 11 is 0. The maximum Gasteiger partial charge on any atom is 0.197 e. The van der Waals surface area contributed by atoms with Gasteiger partial charge in [0, 0.05) is 47.0 Å². The summed E-state index contributed by atoms with van der Waals surface area (Å²) in [5, 5.41) is 41.4. The lowest BCUT2D eigenvalue weighted by Gasteiger charge is -2.15. The number of ether oxygens (including phenoxy) is 1. The van der Waals surface area contributed by atoms with E-state index in [4.69, 9.17) is 13.6 Å². The van der Waals surface area contributed by atoms with Gasteiger partial charge in [-0.25, -0.2) is 0 Å². The van der Waals surface area contributed by atoms with E-state index in [0.29, 0.717) is 11.1 Å². The quantitative estimate of drug-likeness (QED) is 0.206. The molecule has 4 N–H and O–H groups in total. The van der Waals surface area contributed by atoms with Crippen LogP contribution in [0.3, 0.4) is 0 Å². The molecule has 0 saturated carbocycles. The molecule has 0 radical (unpaired) electrons. The summed E-state index contributed by atoms with van der Waals surface area (Å²) in [5.41, 5.74) is 1.19. The molecular formula is C32H22O9. The molecule has 6 aromatic rings. The number of aryl methyl sites for hydroxylation is 1. The molecule has 0 spiro atoms. The van der Waals surface area contributed by atoms with Crippen LogP contribution in [0.15, 0.2) is 91.2 Å². The Hall–Kier alpha value is -5.70. The molecule has 9 nitrogen and oxygen atoms in total. The number of phenolic OH excluding ortho intramolecular Hbond substituents is 4. The van der Waals surface area contributed by atoms with Crippen LogP contribution in [0, 0.1) is 6.92 Å². The zero-order chi connectivity index (χ0) is 29.0. The maximum absolute atomic E-state index is 13.2. The van der Waals surface area contributed by atoms with E-state index in [1.54, 1.807) is 30.3 Å². The molecule has 0 aliphatic heterocycles. The molecule has 0 saturated heterocycles. The van der Waals surface area contributed by atoms with Crippen LogP contribution in [0.1, 0.15) is 5.56 Å². The maximum atomic E-state index is 13.2. The lowest BCUT2D eigenvalue weighted by Crippen LogP contribution is -2.03. The molecule has 0 amide bonds. The highest BCUT2D eigenvalue weighted by Crippen LogP contribution is 2.45. The monoisotopic (exact) mass is 550 g/mol. The van der Waals surface area contributed by atoms with Gasteiger partial charge in [0.15, 0.2) is 16.4 Å². The summed E-state index contributed by atoms with van der Waals surface area (Å²) in [7, 11) is 1.42. The summed E-state index contributed by atoms with van der Waals surface area (Å²) in [6.07, 6.45) is 0. The van der Waals surface area contributed by atoms with E-state index >= 15 is 0 Å². The third kappa shape index (κ3) is 4.29. The Morgan fingerprint density at radius 2 is 1.29 bits per heavy atom. The van der Waals surface area contributed by atoms with Crippen LogP contribution in [-0.4, -0.2) is 27.5 Å². The Morgan fingerprint density at radius 1 is 0.659 bits per heavy atom. The van der Waals surface area contributed by atoms with E-state index < -0.39 is 22.4 Å². The van der Waals surface area contributed by atoms with Gasteiger partial charge in [0.2, 0.25) is 0 Å². The van der Waals surface area contributed by atoms with E-state index in [2.05, 4.69) is 0 Å². The van der Waals surface area contributed by atoms with Crippen molar-refractivity contribution in [3.05, 3.63) is 98.8 Å². The van der Waals surface area contributed by atoms with Crippen molar-refractivity contribution in [3.63, 3.8) is 0 Å². The Bertz CT molecular complexity index is 2120. The third-order valence-corrected chi connectivity index (χ3v) is 6.84. The smallest absolute Gasteiger partial charge is 0.197 e. The van der Waals surface area contributed by atoms with Crippen molar-refractivity contribution in [1.82, 2.24) is 0 Å². The van der Waals surface area contributed by atoms with E-state index in [1.807, 2.05) is 19.1 Å². The van der Waals surface area contributed by atoms with Crippen molar-refractivity contribution in [2.75, 3.05) is 7.11 Å². The van der Waals surface area contributed by atoms with Crippen LogP contribution in [0.2, 0.25) is 0 Å². The highest BCUT2D eigenvalue weighted by atomic mass is 16.5. The van der Waals surface area contributed by atoms with Gasteiger partial charge in [-0.1, -0.05) is 29.8 Å². The summed E-state index contributed by atoms with van der Waals surface area (Å²) in [4.78, 5) is 26.0. The number of methoxy groups -OCH3 is 1. The van der Waals surface area contributed by atoms with Crippen molar-refractivity contribution in [2.45, 2.75) is 6.92 Å². The van der Waals surface area contributed by atoms with Crippen molar-refractivity contribution >= 4 is 21.9 Å². The molecule has 6 rings (SSSR count). The summed E-state index contributed by atoms with van der Waals surface area (Å²) in [6, 6.07) is 17.8. The van der Waals surface area contributed by atoms with Gasteiger partial charge in [-0.05, 0) is 25.1 Å². The zero-order valence-electron chi connectivity index (χ0n) is 21.8. The van der Waals surface area contributed by atoms with Crippen LogP contribution in [0.4, 0.5) is 0 Å². The first-order valence-electron chi connectivity index (χ1n) is 12.4. The SMILES string of the molecule is COc1ccc(-c2cc(=O)c3c(O)cc(O)cc3o2)cc1-c1c(O)cc(O)c2c(=O)cc(-c3ccc(C)cc3)oc12. The molecular weight excluding hydrogens is 528 g/mol. The first kappa shape index (κ1) is 25.6. The zero-order valence-corrected chi connectivity index (χ0v) is 21.8. The third-order valence-electron chi connectivity index (χ3n) is 6.84. The van der Waals surface area contributed by atoms with Crippen molar-refractivity contribution in [2.24, 2.45) is 0 Å². The van der Waals surface area contributed by atoms with Gasteiger partial charge >= 0.3 is 0 Å². The van der Waals surface area contributed by atoms with Crippen LogP contribution in [0.25, 0.3) is 55.7 Å². The average molecular weight is 551 g/mol. The molecule has 0 fully saturated rings. The topological polar surface area (TPSA) is 151 Å². The molecule has 4 aromatic carbocycles. The van der Waals surface area contributed by atoms with Gasteiger partial charge in [0.1, 0.15) is 56.6 Å². The van der Waals surface area contributed by atoms with Crippen molar-refractivity contribution in [1.29, 1.82) is 0 Å². The standard InChI is InChI=1S/C32H22O9/c1-15-3-5-16(6-4-15)26-14-24(38)31-22(36)12-21(35)29(32(31)41-26)19-9-17(7-8-25(19)39-2)27-13-23(37)30-20(34)10-18(33)11-28(30)40-27/h3-14,33-36H,1-2H3. The fourth-order valence-electron chi connectivity index (χ4n) is 4.88. The molecule has 0 aliphatic carbocycles. The van der Waals surface area contributed by atoms with Crippen LogP contribution in [-0.2, 0) is 0 Å². The number of phenols is 4. The normalized spacial score (nSPS) is 11.3. The van der Waals surface area contributed by atoms with Crippen molar-refractivity contribution < 1.29 is 34.0 Å². The lowest BCUT2D eigenvalue weighted by atomic mass is 9.96. The fourth-order valence-corrected chi connectivity index (χ4v) is 4.88. The molecule has 204 valence electrons. The number of benzene rings is 4. The van der Waals surface area contributed by atoms with E-state index in [9.17, 15) is 30.0 Å². The predicted molar refractivity (Wildman–Crippen MR) is 153 cm³/mol. The van der Waals surface area contributed by atoms with Gasteiger partial charge in [0.05, 0.1) is 12.7 Å². The molecule has 0 unspecified atom stereocenters.